The Balaban J connectivity index is 1.63. The molecule has 0 radical (unpaired) electrons. The van der Waals surface area contributed by atoms with Crippen LogP contribution in [-0.4, -0.2) is 79.9 Å². The molecule has 3 fully saturated rings. The fourth-order valence-corrected chi connectivity index (χ4v) is 10.2. The monoisotopic (exact) mass is 615 g/mol. The molecule has 0 saturated carbocycles. The Morgan fingerprint density at radius 1 is 1.05 bits per heavy atom. The van der Waals surface area contributed by atoms with E-state index in [4.69, 9.17) is 0 Å². The second-order valence-electron chi connectivity index (χ2n) is 13.3. The number of hydrogen-bond donors (Lipinski definition) is 1. The minimum Gasteiger partial charge on any atom is -0.394 e. The molecule has 1 N–H and O–H groups in total. The number of anilines is 1. The van der Waals surface area contributed by atoms with Gasteiger partial charge in [0.05, 0.1) is 29.2 Å². The number of fused-ring (bicyclic) bond motifs is 1. The summed E-state index contributed by atoms with van der Waals surface area (Å²) in [4.78, 5) is 49.6. The first-order chi connectivity index (χ1) is 21.0. The van der Waals surface area contributed by atoms with E-state index in [2.05, 4.69) is 20.1 Å². The van der Waals surface area contributed by atoms with Gasteiger partial charge in [0, 0.05) is 29.6 Å². The van der Waals surface area contributed by atoms with Gasteiger partial charge in [-0.15, -0.1) is 24.9 Å². The van der Waals surface area contributed by atoms with E-state index in [1.54, 1.807) is 38.6 Å². The molecular weight excluding hydrogens is 570 g/mol. The molecule has 44 heavy (non-hydrogen) atoms. The van der Waals surface area contributed by atoms with Crippen molar-refractivity contribution in [2.45, 2.75) is 68.2 Å². The number of aliphatic hydroxyl groups is 1. The number of rotatable bonds is 11. The largest absolute Gasteiger partial charge is 0.394 e. The van der Waals surface area contributed by atoms with Crippen LogP contribution in [0.4, 0.5) is 5.69 Å². The van der Waals surface area contributed by atoms with Crippen molar-refractivity contribution in [3.63, 3.8) is 0 Å². The Hall–Kier alpha value is -3.36. The van der Waals surface area contributed by atoms with E-state index in [1.807, 2.05) is 81.4 Å². The normalized spacial score (nSPS) is 28.0. The third kappa shape index (κ3) is 5.30. The number of carbonyl (C=O) groups is 3. The number of likely N-dealkylation sites (tertiary alicyclic amines) is 1. The van der Waals surface area contributed by atoms with E-state index in [-0.39, 0.29) is 35.5 Å². The van der Waals surface area contributed by atoms with Crippen LogP contribution in [0.3, 0.4) is 0 Å². The highest BCUT2D eigenvalue weighted by atomic mass is 32.2. The summed E-state index contributed by atoms with van der Waals surface area (Å²) < 4.78 is -0.801. The number of thioether (sulfide) groups is 1. The molecule has 0 aromatic heterocycles. The summed E-state index contributed by atoms with van der Waals surface area (Å²) in [5.41, 5.74) is 1.19. The maximum atomic E-state index is 14.9. The molecule has 8 heteroatoms. The molecule has 3 aliphatic rings. The fourth-order valence-electron chi connectivity index (χ4n) is 7.76. The number of nitrogens with zero attached hydrogens (tertiary/aromatic N) is 3. The fraction of sp³-hybridized carbons (Fsp3) is 0.472. The quantitative estimate of drug-likeness (QED) is 0.362. The lowest BCUT2D eigenvalue weighted by Gasteiger charge is -2.45. The SMILES string of the molecule is C=CCN(C(=O)[C@@H]1[C@@H]2CC(C)C3(S2)C(C(=O)N(CC=C)C(C)(C)C)N([C@@H](CO)Cc2ccccc2)C(=O)[C@H]13)c1ccccc1. The third-order valence-corrected chi connectivity index (χ3v) is 11.7. The van der Waals surface area contributed by atoms with Gasteiger partial charge in [-0.1, -0.05) is 67.6 Å². The summed E-state index contributed by atoms with van der Waals surface area (Å²) in [7, 11) is 0. The first-order valence-corrected chi connectivity index (χ1v) is 16.4. The average molecular weight is 616 g/mol. The molecule has 0 aliphatic carbocycles. The molecule has 234 valence electrons. The summed E-state index contributed by atoms with van der Waals surface area (Å²) in [6.45, 7) is 16.2. The van der Waals surface area contributed by atoms with Gasteiger partial charge in [0.15, 0.2) is 0 Å². The predicted molar refractivity (Wildman–Crippen MR) is 177 cm³/mol. The van der Waals surface area contributed by atoms with E-state index in [9.17, 15) is 19.5 Å². The van der Waals surface area contributed by atoms with Crippen molar-refractivity contribution in [3.8, 4) is 0 Å². The van der Waals surface area contributed by atoms with Crippen molar-refractivity contribution in [2.24, 2.45) is 17.8 Å². The van der Waals surface area contributed by atoms with E-state index in [0.717, 1.165) is 17.7 Å². The van der Waals surface area contributed by atoms with Gasteiger partial charge in [0.2, 0.25) is 17.7 Å². The van der Waals surface area contributed by atoms with Crippen molar-refractivity contribution < 1.29 is 19.5 Å². The van der Waals surface area contributed by atoms with Crippen LogP contribution in [0.5, 0.6) is 0 Å². The van der Waals surface area contributed by atoms with Crippen LogP contribution in [0.1, 0.15) is 39.7 Å². The molecule has 2 aromatic carbocycles. The Morgan fingerprint density at radius 2 is 1.66 bits per heavy atom. The molecule has 2 aromatic rings. The van der Waals surface area contributed by atoms with Crippen LogP contribution in [0, 0.1) is 17.8 Å². The van der Waals surface area contributed by atoms with E-state index in [1.165, 1.54) is 0 Å². The minimum absolute atomic E-state index is 0.0145. The molecule has 7 atom stereocenters. The highest BCUT2D eigenvalue weighted by molar-refractivity contribution is 8.02. The zero-order valence-electron chi connectivity index (χ0n) is 26.3. The van der Waals surface area contributed by atoms with Gasteiger partial charge in [0.1, 0.15) is 6.04 Å². The maximum Gasteiger partial charge on any atom is 0.247 e. The Bertz CT molecular complexity index is 1390. The van der Waals surface area contributed by atoms with Crippen LogP contribution in [0.15, 0.2) is 86.0 Å². The number of para-hydroxylation sites is 1. The first kappa shape index (κ1) is 32.0. The topological polar surface area (TPSA) is 81.2 Å². The number of carbonyl (C=O) groups excluding carboxylic acids is 3. The maximum absolute atomic E-state index is 14.9. The van der Waals surface area contributed by atoms with Crippen LogP contribution in [0.25, 0.3) is 0 Å². The molecule has 3 heterocycles. The molecule has 2 bridgehead atoms. The lowest BCUT2D eigenvalue weighted by Crippen LogP contribution is -2.62. The van der Waals surface area contributed by atoms with Crippen LogP contribution in [0.2, 0.25) is 0 Å². The van der Waals surface area contributed by atoms with Crippen LogP contribution in [-0.2, 0) is 20.8 Å². The van der Waals surface area contributed by atoms with Gasteiger partial charge in [-0.25, -0.2) is 0 Å². The van der Waals surface area contributed by atoms with E-state index < -0.39 is 34.2 Å². The standard InChI is InChI=1S/C36H45N3O4S/c1-7-19-37(26-17-13-10-14-18-26)32(41)29-28-21-24(3)36(44-28)30(29)33(42)39(27(23-40)22-25-15-11-9-12-16-25)31(36)34(43)38(20-8-2)35(4,5)6/h7-18,24,27-31,40H,1-2,19-23H2,3-6H3/t24?,27-,28+,29-,30+,31?,36?/m1/s1. The van der Waals surface area contributed by atoms with Crippen molar-refractivity contribution >= 4 is 35.2 Å². The number of benzene rings is 2. The van der Waals surface area contributed by atoms with Gasteiger partial charge < -0.3 is 19.8 Å². The Kier molecular flexibility index (Phi) is 9.15. The van der Waals surface area contributed by atoms with Crippen molar-refractivity contribution in [1.82, 2.24) is 9.80 Å². The van der Waals surface area contributed by atoms with E-state index >= 15 is 0 Å². The average Bonchev–Trinajstić information content (AvgIpc) is 3.60. The molecule has 1 spiro atoms. The highest BCUT2D eigenvalue weighted by Gasteiger charge is 2.77. The Morgan fingerprint density at radius 3 is 2.23 bits per heavy atom. The second kappa shape index (κ2) is 12.6. The predicted octanol–water partition coefficient (Wildman–Crippen LogP) is 4.96. The van der Waals surface area contributed by atoms with Gasteiger partial charge >= 0.3 is 0 Å². The molecule has 3 aliphatic heterocycles. The van der Waals surface area contributed by atoms with Gasteiger partial charge in [-0.2, -0.15) is 0 Å². The number of hydrogen-bond acceptors (Lipinski definition) is 5. The highest BCUT2D eigenvalue weighted by Crippen LogP contribution is 2.69. The van der Waals surface area contributed by atoms with E-state index in [0.29, 0.717) is 19.5 Å². The summed E-state index contributed by atoms with van der Waals surface area (Å²) >= 11 is 1.66. The van der Waals surface area contributed by atoms with Gasteiger partial charge in [0.25, 0.3) is 0 Å². The zero-order valence-corrected chi connectivity index (χ0v) is 27.1. The summed E-state index contributed by atoms with van der Waals surface area (Å²) in [5.74, 6) is -1.75. The number of aliphatic hydroxyl groups excluding tert-OH is 1. The van der Waals surface area contributed by atoms with Crippen molar-refractivity contribution in [1.29, 1.82) is 0 Å². The first-order valence-electron chi connectivity index (χ1n) is 15.6. The molecular formula is C36H45N3O4S. The van der Waals surface area contributed by atoms with Crippen molar-refractivity contribution in [3.05, 3.63) is 91.5 Å². The third-order valence-electron chi connectivity index (χ3n) is 9.65. The van der Waals surface area contributed by atoms with Crippen molar-refractivity contribution in [2.75, 3.05) is 24.6 Å². The van der Waals surface area contributed by atoms with Crippen LogP contribution >= 0.6 is 11.8 Å². The number of amides is 3. The summed E-state index contributed by atoms with van der Waals surface area (Å²) in [6.07, 6.45) is 4.56. The zero-order chi connectivity index (χ0) is 31.8. The lowest BCUT2D eigenvalue weighted by atomic mass is 9.65. The lowest BCUT2D eigenvalue weighted by molar-refractivity contribution is -0.148. The smallest absolute Gasteiger partial charge is 0.247 e. The summed E-state index contributed by atoms with van der Waals surface area (Å²) in [5, 5.41) is 10.7. The second-order valence-corrected chi connectivity index (χ2v) is 14.9. The molecule has 3 unspecified atom stereocenters. The van der Waals surface area contributed by atoms with Crippen LogP contribution < -0.4 is 4.90 Å². The molecule has 5 rings (SSSR count). The Labute approximate surface area is 266 Å². The van der Waals surface area contributed by atoms with Gasteiger partial charge in [-0.3, -0.25) is 14.4 Å². The minimum atomic E-state index is -0.826. The summed E-state index contributed by atoms with van der Waals surface area (Å²) in [6, 6.07) is 17.8. The molecule has 3 amide bonds. The molecule has 7 nitrogen and oxygen atoms in total. The van der Waals surface area contributed by atoms with Gasteiger partial charge in [-0.05, 0) is 57.2 Å². The molecule has 3 saturated heterocycles.